The maximum atomic E-state index is 12.0. The Hall–Kier alpha value is -1.26. The molecule has 0 bridgehead atoms. The Morgan fingerprint density at radius 2 is 1.75 bits per heavy atom. The fraction of sp³-hybridized carbons (Fsp3) is 0.867. The third-order valence-electron chi connectivity index (χ3n) is 3.48. The van der Waals surface area contributed by atoms with E-state index in [1.807, 2.05) is 6.92 Å². The molecule has 1 fully saturated rings. The lowest BCUT2D eigenvalue weighted by molar-refractivity contribution is -0.148. The van der Waals surface area contributed by atoms with Crippen LogP contribution in [0.25, 0.3) is 0 Å². The molecule has 5 heteroatoms. The van der Waals surface area contributed by atoms with Gasteiger partial charge in [0.1, 0.15) is 6.04 Å². The summed E-state index contributed by atoms with van der Waals surface area (Å²) < 4.78 is 10.4. The van der Waals surface area contributed by atoms with E-state index in [1.54, 1.807) is 0 Å². The van der Waals surface area contributed by atoms with Gasteiger partial charge in [-0.25, -0.2) is 9.59 Å². The zero-order valence-electron chi connectivity index (χ0n) is 12.7. The molecule has 1 aliphatic rings. The first kappa shape index (κ1) is 16.8. The molecule has 0 unspecified atom stereocenters. The van der Waals surface area contributed by atoms with Gasteiger partial charge in [-0.3, -0.25) is 4.90 Å². The van der Waals surface area contributed by atoms with Gasteiger partial charge in [0.05, 0.1) is 13.2 Å². The first-order valence-corrected chi connectivity index (χ1v) is 7.80. The quantitative estimate of drug-likeness (QED) is 0.508. The molecule has 1 aliphatic heterocycles. The van der Waals surface area contributed by atoms with Crippen molar-refractivity contribution < 1.29 is 19.1 Å². The maximum absolute atomic E-state index is 12.0. The van der Waals surface area contributed by atoms with Crippen molar-refractivity contribution in [2.45, 2.75) is 64.8 Å². The fourth-order valence-electron chi connectivity index (χ4n) is 2.24. The summed E-state index contributed by atoms with van der Waals surface area (Å²) >= 11 is 0. The predicted molar refractivity (Wildman–Crippen MR) is 76.5 cm³/mol. The van der Waals surface area contributed by atoms with Crippen LogP contribution in [0.15, 0.2) is 0 Å². The number of esters is 1. The Morgan fingerprint density at radius 3 is 2.45 bits per heavy atom. The Labute approximate surface area is 121 Å². The van der Waals surface area contributed by atoms with Crippen LogP contribution in [0.2, 0.25) is 0 Å². The number of carbonyl (C=O) groups excluding carboxylic acids is 2. The molecule has 5 nitrogen and oxygen atoms in total. The molecule has 0 aliphatic carbocycles. The Balaban J connectivity index is 2.35. The van der Waals surface area contributed by atoms with Gasteiger partial charge in [-0.05, 0) is 25.7 Å². The summed E-state index contributed by atoms with van der Waals surface area (Å²) in [5.74, 6) is -0.286. The van der Waals surface area contributed by atoms with Gasteiger partial charge in [-0.15, -0.1) is 0 Å². The van der Waals surface area contributed by atoms with Crippen LogP contribution in [-0.4, -0.2) is 42.8 Å². The van der Waals surface area contributed by atoms with Crippen molar-refractivity contribution in [3.63, 3.8) is 0 Å². The average Bonchev–Trinajstić information content (AvgIpc) is 2.93. The summed E-state index contributed by atoms with van der Waals surface area (Å²) in [5.41, 5.74) is 0. The van der Waals surface area contributed by atoms with Crippen LogP contribution in [0.4, 0.5) is 4.79 Å². The summed E-state index contributed by atoms with van der Waals surface area (Å²) in [6.45, 7) is 5.60. The highest BCUT2D eigenvalue weighted by Gasteiger charge is 2.36. The molecule has 0 spiro atoms. The SMILES string of the molecule is CCCCCOC(=O)[C@@H]1CCCN1C(=O)OCCCC. The molecule has 0 saturated carbocycles. The lowest BCUT2D eigenvalue weighted by atomic mass is 10.2. The number of amides is 1. The highest BCUT2D eigenvalue weighted by atomic mass is 16.6. The first-order valence-electron chi connectivity index (χ1n) is 7.80. The van der Waals surface area contributed by atoms with Crippen LogP contribution in [0.3, 0.4) is 0 Å². The maximum Gasteiger partial charge on any atom is 0.410 e. The minimum absolute atomic E-state index is 0.286. The van der Waals surface area contributed by atoms with E-state index < -0.39 is 6.04 Å². The molecule has 0 radical (unpaired) electrons. The number of hydrogen-bond acceptors (Lipinski definition) is 4. The standard InChI is InChI=1S/C15H27NO4/c1-3-5-7-12-19-14(17)13-9-8-10-16(13)15(18)20-11-6-4-2/h13H,3-12H2,1-2H3/t13-/m0/s1. The lowest BCUT2D eigenvalue weighted by Gasteiger charge is -2.22. The van der Waals surface area contributed by atoms with Crippen molar-refractivity contribution in [2.75, 3.05) is 19.8 Å². The van der Waals surface area contributed by atoms with Crippen molar-refractivity contribution in [1.82, 2.24) is 4.90 Å². The van der Waals surface area contributed by atoms with E-state index in [-0.39, 0.29) is 12.1 Å². The van der Waals surface area contributed by atoms with Gasteiger partial charge in [0.25, 0.3) is 0 Å². The third-order valence-corrected chi connectivity index (χ3v) is 3.48. The van der Waals surface area contributed by atoms with E-state index in [0.29, 0.717) is 26.2 Å². The van der Waals surface area contributed by atoms with Crippen LogP contribution in [0.1, 0.15) is 58.8 Å². The molecule has 116 valence electrons. The zero-order chi connectivity index (χ0) is 14.8. The van der Waals surface area contributed by atoms with E-state index in [4.69, 9.17) is 9.47 Å². The smallest absolute Gasteiger partial charge is 0.410 e. The van der Waals surface area contributed by atoms with Gasteiger partial charge in [-0.2, -0.15) is 0 Å². The number of unbranched alkanes of at least 4 members (excludes halogenated alkanes) is 3. The second-order valence-corrected chi connectivity index (χ2v) is 5.19. The predicted octanol–water partition coefficient (Wildman–Crippen LogP) is 3.12. The van der Waals surface area contributed by atoms with E-state index in [1.165, 1.54) is 4.90 Å². The van der Waals surface area contributed by atoms with Crippen molar-refractivity contribution in [1.29, 1.82) is 0 Å². The molecule has 1 rings (SSSR count). The molecule has 0 aromatic heterocycles. The zero-order valence-corrected chi connectivity index (χ0v) is 12.7. The van der Waals surface area contributed by atoms with E-state index >= 15 is 0 Å². The summed E-state index contributed by atoms with van der Waals surface area (Å²) in [5, 5.41) is 0. The fourth-order valence-corrected chi connectivity index (χ4v) is 2.24. The molecule has 1 saturated heterocycles. The normalized spacial score (nSPS) is 18.1. The molecular weight excluding hydrogens is 258 g/mol. The summed E-state index contributed by atoms with van der Waals surface area (Å²) in [7, 11) is 0. The van der Waals surface area contributed by atoms with Gasteiger partial charge in [0, 0.05) is 6.54 Å². The first-order chi connectivity index (χ1) is 9.70. The second kappa shape index (κ2) is 9.61. The van der Waals surface area contributed by atoms with E-state index in [0.717, 1.165) is 38.5 Å². The van der Waals surface area contributed by atoms with Crippen LogP contribution >= 0.6 is 0 Å². The van der Waals surface area contributed by atoms with Crippen LogP contribution in [0.5, 0.6) is 0 Å². The molecule has 1 amide bonds. The van der Waals surface area contributed by atoms with Gasteiger partial charge < -0.3 is 9.47 Å². The van der Waals surface area contributed by atoms with Crippen molar-refractivity contribution >= 4 is 12.1 Å². The molecule has 20 heavy (non-hydrogen) atoms. The van der Waals surface area contributed by atoms with Crippen LogP contribution in [0, 0.1) is 0 Å². The molecule has 0 aromatic carbocycles. The van der Waals surface area contributed by atoms with Gasteiger partial charge in [0.15, 0.2) is 0 Å². The van der Waals surface area contributed by atoms with Gasteiger partial charge >= 0.3 is 12.1 Å². The topological polar surface area (TPSA) is 55.8 Å². The highest BCUT2D eigenvalue weighted by molar-refractivity contribution is 5.82. The number of likely N-dealkylation sites (tertiary alicyclic amines) is 1. The van der Waals surface area contributed by atoms with Crippen molar-refractivity contribution in [3.8, 4) is 0 Å². The monoisotopic (exact) mass is 285 g/mol. The number of ether oxygens (including phenoxy) is 2. The second-order valence-electron chi connectivity index (χ2n) is 5.19. The van der Waals surface area contributed by atoms with Gasteiger partial charge in [0.2, 0.25) is 0 Å². The van der Waals surface area contributed by atoms with E-state index in [2.05, 4.69) is 6.92 Å². The van der Waals surface area contributed by atoms with Crippen LogP contribution in [-0.2, 0) is 14.3 Å². The number of hydrogen-bond donors (Lipinski definition) is 0. The van der Waals surface area contributed by atoms with Crippen molar-refractivity contribution in [2.24, 2.45) is 0 Å². The van der Waals surface area contributed by atoms with Crippen molar-refractivity contribution in [3.05, 3.63) is 0 Å². The summed E-state index contributed by atoms with van der Waals surface area (Å²) in [6, 6.07) is -0.453. The number of rotatable bonds is 8. The number of carbonyl (C=O) groups is 2. The summed E-state index contributed by atoms with van der Waals surface area (Å²) in [6.07, 6.45) is 5.99. The molecule has 1 heterocycles. The Bertz CT molecular complexity index is 306. The van der Waals surface area contributed by atoms with E-state index in [9.17, 15) is 9.59 Å². The minimum Gasteiger partial charge on any atom is -0.464 e. The molecule has 1 atom stereocenters. The summed E-state index contributed by atoms with van der Waals surface area (Å²) in [4.78, 5) is 25.4. The number of nitrogens with zero attached hydrogens (tertiary/aromatic N) is 1. The Kier molecular flexibility index (Phi) is 8.07. The largest absolute Gasteiger partial charge is 0.464 e. The molecular formula is C15H27NO4. The molecule has 0 aromatic rings. The average molecular weight is 285 g/mol. The Morgan fingerprint density at radius 1 is 1.05 bits per heavy atom. The molecule has 0 N–H and O–H groups in total. The lowest BCUT2D eigenvalue weighted by Crippen LogP contribution is -2.41. The van der Waals surface area contributed by atoms with Crippen LogP contribution < -0.4 is 0 Å². The third kappa shape index (κ3) is 5.39. The highest BCUT2D eigenvalue weighted by Crippen LogP contribution is 2.19. The van der Waals surface area contributed by atoms with Gasteiger partial charge in [-0.1, -0.05) is 33.1 Å². The minimum atomic E-state index is -0.453.